The Hall–Kier alpha value is -1.05. The lowest BCUT2D eigenvalue weighted by Gasteiger charge is -1.92. The second kappa shape index (κ2) is 7.06. The van der Waals surface area contributed by atoms with Crippen LogP contribution in [0.1, 0.15) is 12.8 Å². The van der Waals surface area contributed by atoms with Crippen molar-refractivity contribution < 1.29 is 4.58 Å². The van der Waals surface area contributed by atoms with Crippen molar-refractivity contribution in [1.82, 2.24) is 5.32 Å². The highest BCUT2D eigenvalue weighted by Crippen LogP contribution is 1.89. The van der Waals surface area contributed by atoms with E-state index in [-0.39, 0.29) is 0 Å². The Kier molecular flexibility index (Phi) is 6.39. The van der Waals surface area contributed by atoms with Crippen LogP contribution in [0, 0.1) is 0 Å². The largest absolute Gasteiger partial charge is 0.389 e. The van der Waals surface area contributed by atoms with E-state index in [2.05, 4.69) is 18.6 Å². The molecule has 0 aliphatic carbocycles. The summed E-state index contributed by atoms with van der Waals surface area (Å²) in [5, 5.41) is 2.91. The molecule has 0 aromatic carbocycles. The van der Waals surface area contributed by atoms with E-state index >= 15 is 0 Å². The van der Waals surface area contributed by atoms with Gasteiger partial charge >= 0.3 is 0 Å². The Labute approximate surface area is 68.9 Å². The molecule has 11 heavy (non-hydrogen) atoms. The smallest absolute Gasteiger partial charge is 0.184 e. The molecule has 2 heteroatoms. The highest BCUT2D eigenvalue weighted by molar-refractivity contribution is 5.15. The average molecular weight is 153 g/mol. The van der Waals surface area contributed by atoms with E-state index in [0.29, 0.717) is 0 Å². The number of allylic oxidation sites excluding steroid dienone is 1. The number of nitrogens with zero attached hydrogens (tertiary/aromatic N) is 1. The first-order valence-electron chi connectivity index (χ1n) is 3.83. The van der Waals surface area contributed by atoms with Gasteiger partial charge in [-0.2, -0.15) is 0 Å². The second-order valence-corrected chi connectivity index (χ2v) is 2.35. The normalized spacial score (nSPS) is 9.91. The van der Waals surface area contributed by atoms with Crippen molar-refractivity contribution >= 4 is 6.72 Å². The van der Waals surface area contributed by atoms with E-state index in [1.165, 1.54) is 0 Å². The van der Waals surface area contributed by atoms with Crippen LogP contribution in [0.4, 0.5) is 0 Å². The summed E-state index contributed by atoms with van der Waals surface area (Å²) in [6.45, 7) is 8.45. The van der Waals surface area contributed by atoms with Gasteiger partial charge in [-0.1, -0.05) is 6.08 Å². The fourth-order valence-electron chi connectivity index (χ4n) is 0.693. The van der Waals surface area contributed by atoms with Gasteiger partial charge in [0.25, 0.3) is 0 Å². The second-order valence-electron chi connectivity index (χ2n) is 2.35. The van der Waals surface area contributed by atoms with Crippen LogP contribution in [0.5, 0.6) is 0 Å². The van der Waals surface area contributed by atoms with Crippen molar-refractivity contribution in [3.8, 4) is 0 Å². The maximum absolute atomic E-state index is 3.82. The molecule has 0 saturated carbocycles. The minimum atomic E-state index is 0.976. The molecule has 0 radical (unpaired) electrons. The SMILES string of the molecule is C=CCCC[N+](=C)/C=C\NC. The van der Waals surface area contributed by atoms with E-state index in [4.69, 9.17) is 0 Å². The van der Waals surface area contributed by atoms with Crippen LogP contribution in [0.25, 0.3) is 0 Å². The topological polar surface area (TPSA) is 15.0 Å². The molecular formula is C9H17N2+. The molecule has 62 valence electrons. The molecule has 0 rings (SSSR count). The molecule has 0 atom stereocenters. The summed E-state index contributed by atoms with van der Waals surface area (Å²) in [7, 11) is 1.87. The van der Waals surface area contributed by atoms with Crippen LogP contribution >= 0.6 is 0 Å². The molecular weight excluding hydrogens is 136 g/mol. The lowest BCUT2D eigenvalue weighted by Crippen LogP contribution is -2.04. The standard InChI is InChI=1S/C9H17N2/c1-4-5-6-8-11(3)9-7-10-2/h4,7,9-10H,1,3,5-6,8H2,2H3/q+1/b9-7-. The summed E-state index contributed by atoms with van der Waals surface area (Å²) in [5.74, 6) is 0. The summed E-state index contributed by atoms with van der Waals surface area (Å²) in [6.07, 6.45) is 7.88. The van der Waals surface area contributed by atoms with Gasteiger partial charge in [-0.25, -0.2) is 4.58 Å². The van der Waals surface area contributed by atoms with Crippen molar-refractivity contribution in [3.63, 3.8) is 0 Å². The fourth-order valence-corrected chi connectivity index (χ4v) is 0.693. The monoisotopic (exact) mass is 153 g/mol. The zero-order valence-corrected chi connectivity index (χ0v) is 7.21. The Morgan fingerprint density at radius 1 is 1.55 bits per heavy atom. The van der Waals surface area contributed by atoms with Crippen molar-refractivity contribution in [2.75, 3.05) is 13.6 Å². The predicted octanol–water partition coefficient (Wildman–Crippen LogP) is 1.36. The average Bonchev–Trinajstić information content (AvgIpc) is 2.01. The van der Waals surface area contributed by atoms with E-state index in [1.807, 2.05) is 30.1 Å². The third-order valence-electron chi connectivity index (χ3n) is 1.31. The van der Waals surface area contributed by atoms with Gasteiger partial charge in [0, 0.05) is 13.5 Å². The van der Waals surface area contributed by atoms with Gasteiger partial charge in [0.1, 0.15) is 13.3 Å². The van der Waals surface area contributed by atoms with E-state index in [1.54, 1.807) is 0 Å². The van der Waals surface area contributed by atoms with Crippen LogP contribution in [-0.4, -0.2) is 24.9 Å². The molecule has 0 heterocycles. The third-order valence-corrected chi connectivity index (χ3v) is 1.31. The van der Waals surface area contributed by atoms with Crippen LogP contribution in [0.2, 0.25) is 0 Å². The van der Waals surface area contributed by atoms with E-state index < -0.39 is 0 Å². The molecule has 0 aliphatic heterocycles. The van der Waals surface area contributed by atoms with Gasteiger partial charge < -0.3 is 5.32 Å². The highest BCUT2D eigenvalue weighted by Gasteiger charge is 1.92. The van der Waals surface area contributed by atoms with Crippen LogP contribution in [0.3, 0.4) is 0 Å². The Morgan fingerprint density at radius 2 is 2.27 bits per heavy atom. The molecule has 0 aromatic rings. The summed E-state index contributed by atoms with van der Waals surface area (Å²) in [4.78, 5) is 0. The van der Waals surface area contributed by atoms with Crippen LogP contribution < -0.4 is 5.32 Å². The summed E-state index contributed by atoms with van der Waals surface area (Å²) >= 11 is 0. The lowest BCUT2D eigenvalue weighted by molar-refractivity contribution is -0.448. The number of hydrogen-bond donors (Lipinski definition) is 1. The van der Waals surface area contributed by atoms with Gasteiger partial charge in [0.15, 0.2) is 6.20 Å². The maximum Gasteiger partial charge on any atom is 0.184 e. The van der Waals surface area contributed by atoms with Crippen LogP contribution in [0.15, 0.2) is 25.1 Å². The summed E-state index contributed by atoms with van der Waals surface area (Å²) in [6, 6.07) is 0. The van der Waals surface area contributed by atoms with Crippen molar-refractivity contribution in [2.24, 2.45) is 0 Å². The Balaban J connectivity index is 3.36. The van der Waals surface area contributed by atoms with E-state index in [9.17, 15) is 0 Å². The fraction of sp³-hybridized carbons (Fsp3) is 0.444. The third kappa shape index (κ3) is 6.84. The minimum Gasteiger partial charge on any atom is -0.389 e. The molecule has 1 N–H and O–H groups in total. The molecule has 0 aromatic heterocycles. The number of nitrogens with one attached hydrogen (secondary N) is 1. The van der Waals surface area contributed by atoms with Gasteiger partial charge in [-0.05, 0) is 6.42 Å². The number of rotatable bonds is 6. The predicted molar refractivity (Wildman–Crippen MR) is 49.9 cm³/mol. The van der Waals surface area contributed by atoms with Gasteiger partial charge in [0.2, 0.25) is 0 Å². The highest BCUT2D eigenvalue weighted by atomic mass is 15.0. The molecule has 0 aliphatic rings. The first kappa shape index (κ1) is 9.95. The lowest BCUT2D eigenvalue weighted by atomic mass is 10.3. The molecule has 0 amide bonds. The Bertz CT molecular complexity index is 148. The van der Waals surface area contributed by atoms with Gasteiger partial charge in [-0.3, -0.25) is 0 Å². The van der Waals surface area contributed by atoms with Crippen molar-refractivity contribution in [3.05, 3.63) is 25.1 Å². The Morgan fingerprint density at radius 3 is 2.82 bits per heavy atom. The number of unbranched alkanes of at least 4 members (excludes halogenated alkanes) is 1. The summed E-state index contributed by atoms with van der Waals surface area (Å²) < 4.78 is 1.90. The quantitative estimate of drug-likeness (QED) is 0.263. The number of hydrogen-bond acceptors (Lipinski definition) is 1. The van der Waals surface area contributed by atoms with Crippen LogP contribution in [-0.2, 0) is 0 Å². The molecule has 0 saturated heterocycles. The molecule has 2 nitrogen and oxygen atoms in total. The minimum absolute atomic E-state index is 0.976. The molecule has 0 fully saturated rings. The zero-order chi connectivity index (χ0) is 8.53. The molecule has 0 unspecified atom stereocenters. The first-order valence-corrected chi connectivity index (χ1v) is 3.83. The first-order chi connectivity index (χ1) is 5.31. The van der Waals surface area contributed by atoms with Crippen molar-refractivity contribution in [2.45, 2.75) is 12.8 Å². The zero-order valence-electron chi connectivity index (χ0n) is 7.21. The van der Waals surface area contributed by atoms with Gasteiger partial charge in [-0.15, -0.1) is 6.58 Å². The van der Waals surface area contributed by atoms with Crippen molar-refractivity contribution in [1.29, 1.82) is 0 Å². The maximum atomic E-state index is 3.82. The van der Waals surface area contributed by atoms with Gasteiger partial charge in [0.05, 0.1) is 6.20 Å². The summed E-state index contributed by atoms with van der Waals surface area (Å²) in [5.41, 5.74) is 0. The van der Waals surface area contributed by atoms with E-state index in [0.717, 1.165) is 19.4 Å². The molecule has 0 spiro atoms. The molecule has 0 bridgehead atoms.